The summed E-state index contributed by atoms with van der Waals surface area (Å²) in [5, 5.41) is 8.87. The Balaban J connectivity index is 1.53. The van der Waals surface area contributed by atoms with E-state index in [-0.39, 0.29) is 0 Å². The first-order valence-electron chi connectivity index (χ1n) is 7.76. The van der Waals surface area contributed by atoms with Crippen LogP contribution in [0.4, 0.5) is 5.95 Å². The molecule has 0 unspecified atom stereocenters. The Morgan fingerprint density at radius 3 is 2.38 bits per heavy atom. The minimum atomic E-state index is 0.498. The van der Waals surface area contributed by atoms with Crippen LogP contribution in [0.2, 0.25) is 0 Å². The van der Waals surface area contributed by atoms with Crippen molar-refractivity contribution in [3.8, 4) is 11.9 Å². The minimum Gasteiger partial charge on any atom is -0.486 e. The third-order valence-corrected chi connectivity index (χ3v) is 4.63. The number of thioether (sulfide) groups is 1. The lowest BCUT2D eigenvalue weighted by Gasteiger charge is -2.31. The molecule has 0 atom stereocenters. The van der Waals surface area contributed by atoms with Crippen LogP contribution in [0.1, 0.15) is 5.56 Å². The van der Waals surface area contributed by atoms with Crippen LogP contribution in [-0.2, 0) is 6.61 Å². The van der Waals surface area contributed by atoms with E-state index in [0.717, 1.165) is 18.7 Å². The summed E-state index contributed by atoms with van der Waals surface area (Å²) >= 11 is 1.72. The van der Waals surface area contributed by atoms with Crippen LogP contribution in [0, 0.1) is 11.5 Å². The lowest BCUT2D eigenvalue weighted by molar-refractivity contribution is 0.303. The Hall–Kier alpha value is -2.46. The summed E-state index contributed by atoms with van der Waals surface area (Å²) in [6.07, 6.45) is 7.64. The van der Waals surface area contributed by atoms with Gasteiger partial charge in [0.1, 0.15) is 6.61 Å². The second-order valence-corrected chi connectivity index (χ2v) is 6.31. The smallest absolute Gasteiger partial charge is 0.225 e. The van der Waals surface area contributed by atoms with Crippen molar-refractivity contribution in [2.45, 2.75) is 11.5 Å². The van der Waals surface area contributed by atoms with Crippen LogP contribution in [0.3, 0.4) is 0 Å². The molecular formula is C17H19N5OS. The summed E-state index contributed by atoms with van der Waals surface area (Å²) in [5.41, 5.74) is 1.12. The van der Waals surface area contributed by atoms with Gasteiger partial charge in [0.2, 0.25) is 5.95 Å². The molecule has 1 aliphatic rings. The average Bonchev–Trinajstić information content (AvgIpc) is 2.67. The predicted octanol–water partition coefficient (Wildman–Crippen LogP) is 2.38. The fourth-order valence-corrected chi connectivity index (χ4v) is 2.85. The highest BCUT2D eigenvalue weighted by molar-refractivity contribution is 7.98. The molecule has 3 rings (SSSR count). The molecule has 1 aromatic heterocycles. The number of hydrogen-bond donors (Lipinski definition) is 0. The SMILES string of the molecule is CSc1ccc(COc2cnc(N3CCN(C#N)CC3)nc2)cc1. The van der Waals surface area contributed by atoms with Gasteiger partial charge in [-0.15, -0.1) is 11.8 Å². The van der Waals surface area contributed by atoms with Crippen LogP contribution in [-0.4, -0.2) is 47.3 Å². The van der Waals surface area contributed by atoms with Crippen molar-refractivity contribution in [2.75, 3.05) is 37.3 Å². The van der Waals surface area contributed by atoms with Gasteiger partial charge in [0.15, 0.2) is 11.9 Å². The van der Waals surface area contributed by atoms with Crippen molar-refractivity contribution in [3.05, 3.63) is 42.2 Å². The summed E-state index contributed by atoms with van der Waals surface area (Å²) in [6, 6.07) is 8.30. The molecule has 0 radical (unpaired) electrons. The van der Waals surface area contributed by atoms with Crippen molar-refractivity contribution in [1.29, 1.82) is 5.26 Å². The van der Waals surface area contributed by atoms with Gasteiger partial charge in [-0.1, -0.05) is 12.1 Å². The minimum absolute atomic E-state index is 0.498. The van der Waals surface area contributed by atoms with Crippen LogP contribution < -0.4 is 9.64 Å². The normalized spacial score (nSPS) is 14.3. The fourth-order valence-electron chi connectivity index (χ4n) is 2.44. The van der Waals surface area contributed by atoms with Crippen LogP contribution in [0.15, 0.2) is 41.6 Å². The summed E-state index contributed by atoms with van der Waals surface area (Å²) in [5.74, 6) is 1.34. The molecule has 124 valence electrons. The number of nitriles is 1. The largest absolute Gasteiger partial charge is 0.486 e. The van der Waals surface area contributed by atoms with E-state index >= 15 is 0 Å². The Morgan fingerprint density at radius 2 is 1.79 bits per heavy atom. The maximum absolute atomic E-state index is 8.87. The first kappa shape index (κ1) is 16.4. The molecule has 7 heteroatoms. The molecule has 24 heavy (non-hydrogen) atoms. The highest BCUT2D eigenvalue weighted by Gasteiger charge is 2.17. The third-order valence-electron chi connectivity index (χ3n) is 3.88. The zero-order valence-electron chi connectivity index (χ0n) is 13.6. The first-order valence-corrected chi connectivity index (χ1v) is 8.98. The Bertz CT molecular complexity index is 690. The lowest BCUT2D eigenvalue weighted by atomic mass is 10.2. The van der Waals surface area contributed by atoms with Crippen molar-refractivity contribution in [1.82, 2.24) is 14.9 Å². The topological polar surface area (TPSA) is 65.3 Å². The first-order chi connectivity index (χ1) is 11.8. The zero-order valence-corrected chi connectivity index (χ0v) is 14.4. The highest BCUT2D eigenvalue weighted by atomic mass is 32.2. The van der Waals surface area contributed by atoms with Gasteiger partial charge in [0, 0.05) is 31.1 Å². The second kappa shape index (κ2) is 7.88. The maximum Gasteiger partial charge on any atom is 0.225 e. The van der Waals surface area contributed by atoms with E-state index < -0.39 is 0 Å². The summed E-state index contributed by atoms with van der Waals surface area (Å²) < 4.78 is 5.74. The average molecular weight is 341 g/mol. The molecule has 0 bridgehead atoms. The number of nitrogens with zero attached hydrogens (tertiary/aromatic N) is 5. The van der Waals surface area contributed by atoms with Gasteiger partial charge in [0.05, 0.1) is 12.4 Å². The second-order valence-electron chi connectivity index (χ2n) is 5.43. The standard InChI is InChI=1S/C17H19N5OS/c1-24-16-4-2-14(3-5-16)12-23-15-10-19-17(20-11-15)22-8-6-21(13-18)7-9-22/h2-5,10-11H,6-9,12H2,1H3. The summed E-state index contributed by atoms with van der Waals surface area (Å²) in [4.78, 5) is 13.8. The molecule has 0 N–H and O–H groups in total. The Labute approximate surface area is 146 Å². The van der Waals surface area contributed by atoms with Crippen molar-refractivity contribution in [3.63, 3.8) is 0 Å². The van der Waals surface area contributed by atoms with E-state index in [1.807, 2.05) is 0 Å². The molecule has 1 aliphatic heterocycles. The van der Waals surface area contributed by atoms with E-state index in [0.29, 0.717) is 31.4 Å². The number of anilines is 1. The van der Waals surface area contributed by atoms with Crippen LogP contribution in [0.5, 0.6) is 5.75 Å². The fraction of sp³-hybridized carbons (Fsp3) is 0.353. The number of rotatable bonds is 5. The van der Waals surface area contributed by atoms with E-state index in [9.17, 15) is 0 Å². The van der Waals surface area contributed by atoms with Gasteiger partial charge < -0.3 is 14.5 Å². The summed E-state index contributed by atoms with van der Waals surface area (Å²) in [6.45, 7) is 3.44. The molecule has 1 saturated heterocycles. The van der Waals surface area contributed by atoms with Gasteiger partial charge in [0.25, 0.3) is 0 Å². The van der Waals surface area contributed by atoms with Crippen molar-refractivity contribution >= 4 is 17.7 Å². The van der Waals surface area contributed by atoms with Crippen molar-refractivity contribution in [2.24, 2.45) is 0 Å². The molecule has 2 heterocycles. The molecular weight excluding hydrogens is 322 g/mol. The zero-order chi connectivity index (χ0) is 16.8. The highest BCUT2D eigenvalue weighted by Crippen LogP contribution is 2.17. The van der Waals surface area contributed by atoms with Gasteiger partial charge in [-0.3, -0.25) is 0 Å². The Kier molecular flexibility index (Phi) is 5.39. The van der Waals surface area contributed by atoms with Gasteiger partial charge in [-0.05, 0) is 24.0 Å². The molecule has 0 spiro atoms. The maximum atomic E-state index is 8.87. The van der Waals surface area contributed by atoms with E-state index in [4.69, 9.17) is 10.00 Å². The molecule has 0 amide bonds. The molecule has 1 fully saturated rings. The van der Waals surface area contributed by atoms with Gasteiger partial charge >= 0.3 is 0 Å². The molecule has 0 aliphatic carbocycles. The molecule has 2 aromatic rings. The number of ether oxygens (including phenoxy) is 1. The van der Waals surface area contributed by atoms with Crippen LogP contribution in [0.25, 0.3) is 0 Å². The number of piperazine rings is 1. The monoisotopic (exact) mass is 341 g/mol. The van der Waals surface area contributed by atoms with E-state index in [1.165, 1.54) is 4.90 Å². The van der Waals surface area contributed by atoms with Crippen LogP contribution >= 0.6 is 11.8 Å². The summed E-state index contributed by atoms with van der Waals surface area (Å²) in [7, 11) is 0. The Morgan fingerprint density at radius 1 is 1.12 bits per heavy atom. The van der Waals surface area contributed by atoms with E-state index in [1.54, 1.807) is 29.1 Å². The van der Waals surface area contributed by atoms with E-state index in [2.05, 4.69) is 51.6 Å². The number of aromatic nitrogens is 2. The van der Waals surface area contributed by atoms with Gasteiger partial charge in [-0.2, -0.15) is 5.26 Å². The number of hydrogen-bond acceptors (Lipinski definition) is 7. The number of benzene rings is 1. The predicted molar refractivity (Wildman–Crippen MR) is 94.0 cm³/mol. The third kappa shape index (κ3) is 4.09. The van der Waals surface area contributed by atoms with Gasteiger partial charge in [-0.25, -0.2) is 9.97 Å². The lowest BCUT2D eigenvalue weighted by Crippen LogP contribution is -2.44. The van der Waals surface area contributed by atoms with Crippen molar-refractivity contribution < 1.29 is 4.74 Å². The molecule has 6 nitrogen and oxygen atoms in total. The molecule has 1 aromatic carbocycles. The quantitative estimate of drug-likeness (QED) is 0.611. The molecule has 0 saturated carbocycles.